The van der Waals surface area contributed by atoms with Crippen LogP contribution in [0.2, 0.25) is 0 Å². The van der Waals surface area contributed by atoms with Crippen LogP contribution in [0.15, 0.2) is 37.6 Å². The molecule has 0 unspecified atom stereocenters. The molecule has 0 aliphatic rings. The first kappa shape index (κ1) is 17.0. The van der Waals surface area contributed by atoms with E-state index in [1.807, 2.05) is 31.4 Å². The van der Waals surface area contributed by atoms with Gasteiger partial charge in [-0.3, -0.25) is 0 Å². The van der Waals surface area contributed by atoms with Crippen LogP contribution < -0.4 is 0 Å². The molecule has 26 heavy (non-hydrogen) atoms. The lowest BCUT2D eigenvalue weighted by Gasteiger charge is -2.04. The number of hydrogen-bond donors (Lipinski definition) is 0. The van der Waals surface area contributed by atoms with Gasteiger partial charge in [-0.1, -0.05) is 17.8 Å². The first-order chi connectivity index (χ1) is 12.7. The van der Waals surface area contributed by atoms with Crippen LogP contribution in [-0.2, 0) is 12.3 Å². The third-order valence-corrected chi connectivity index (χ3v) is 5.65. The molecule has 7 nitrogen and oxygen atoms in total. The van der Waals surface area contributed by atoms with Gasteiger partial charge in [0.15, 0.2) is 11.0 Å². The molecule has 4 heterocycles. The second-order valence-corrected chi connectivity index (χ2v) is 7.53. The van der Waals surface area contributed by atoms with Crippen molar-refractivity contribution in [2.45, 2.75) is 38.2 Å². The normalized spacial score (nSPS) is 11.3. The minimum atomic E-state index is 0.478. The zero-order valence-corrected chi connectivity index (χ0v) is 16.2. The maximum Gasteiger partial charge on any atom is 0.251 e. The number of aryl methyl sites for hydroxylation is 2. The number of rotatable bonds is 6. The molecule has 0 spiro atoms. The van der Waals surface area contributed by atoms with E-state index in [1.165, 1.54) is 11.8 Å². The molecular weight excluding hydrogens is 370 g/mol. The Hall–Kier alpha value is -2.39. The second-order valence-electron chi connectivity index (χ2n) is 5.64. The van der Waals surface area contributed by atoms with E-state index in [0.717, 1.165) is 39.5 Å². The number of hydrogen-bond acceptors (Lipinski definition) is 8. The predicted molar refractivity (Wildman–Crippen MR) is 100 cm³/mol. The van der Waals surface area contributed by atoms with E-state index in [-0.39, 0.29) is 0 Å². The van der Waals surface area contributed by atoms with Gasteiger partial charge in [-0.15, -0.1) is 31.7 Å². The summed E-state index contributed by atoms with van der Waals surface area (Å²) in [5, 5.41) is 19.8. The van der Waals surface area contributed by atoms with Crippen molar-refractivity contribution in [2.75, 3.05) is 0 Å². The average molecular weight is 387 g/mol. The van der Waals surface area contributed by atoms with Gasteiger partial charge in [0.05, 0.1) is 16.2 Å². The monoisotopic (exact) mass is 387 g/mol. The summed E-state index contributed by atoms with van der Waals surface area (Å²) in [4.78, 5) is 1.11. The highest BCUT2D eigenvalue weighted by atomic mass is 32.2. The summed E-state index contributed by atoms with van der Waals surface area (Å²) in [6.45, 7) is 6.66. The molecule has 0 saturated heterocycles. The van der Waals surface area contributed by atoms with Crippen LogP contribution in [-0.4, -0.2) is 25.0 Å². The largest absolute Gasteiger partial charge is 0.466 e. The van der Waals surface area contributed by atoms with Crippen LogP contribution in [0.1, 0.15) is 24.3 Å². The van der Waals surface area contributed by atoms with Crippen molar-refractivity contribution in [2.24, 2.45) is 0 Å². The fourth-order valence-corrected chi connectivity index (χ4v) is 4.22. The fraction of sp³-hybridized carbons (Fsp3) is 0.294. The zero-order valence-electron chi connectivity index (χ0n) is 14.6. The van der Waals surface area contributed by atoms with E-state index in [9.17, 15) is 0 Å². The first-order valence-corrected chi connectivity index (χ1v) is 10.0. The van der Waals surface area contributed by atoms with Crippen LogP contribution in [0.5, 0.6) is 0 Å². The van der Waals surface area contributed by atoms with Gasteiger partial charge in [0.25, 0.3) is 5.89 Å². The van der Waals surface area contributed by atoms with Crippen molar-refractivity contribution >= 4 is 23.1 Å². The highest BCUT2D eigenvalue weighted by molar-refractivity contribution is 7.98. The number of nitrogens with zero attached hydrogens (tertiary/aromatic N) is 5. The van der Waals surface area contributed by atoms with Gasteiger partial charge in [-0.25, -0.2) is 0 Å². The maximum absolute atomic E-state index is 5.78. The molecule has 134 valence electrons. The van der Waals surface area contributed by atoms with E-state index in [1.54, 1.807) is 11.3 Å². The van der Waals surface area contributed by atoms with Gasteiger partial charge in [0.1, 0.15) is 11.5 Å². The Morgan fingerprint density at radius 2 is 2.04 bits per heavy atom. The van der Waals surface area contributed by atoms with Crippen molar-refractivity contribution in [3.8, 4) is 22.2 Å². The Kier molecular flexibility index (Phi) is 4.64. The topological polar surface area (TPSA) is 82.8 Å². The van der Waals surface area contributed by atoms with Gasteiger partial charge < -0.3 is 13.4 Å². The van der Waals surface area contributed by atoms with Crippen LogP contribution in [0.4, 0.5) is 0 Å². The summed E-state index contributed by atoms with van der Waals surface area (Å²) in [7, 11) is 0. The van der Waals surface area contributed by atoms with E-state index in [2.05, 4.69) is 38.0 Å². The average Bonchev–Trinajstić information content (AvgIpc) is 3.39. The molecule has 0 saturated carbocycles. The molecular formula is C17H17N5O2S2. The Labute approximate surface area is 158 Å². The van der Waals surface area contributed by atoms with Crippen LogP contribution >= 0.6 is 23.1 Å². The van der Waals surface area contributed by atoms with Crippen molar-refractivity contribution in [3.05, 3.63) is 41.0 Å². The third-order valence-electron chi connectivity index (χ3n) is 3.84. The Morgan fingerprint density at radius 3 is 2.73 bits per heavy atom. The second kappa shape index (κ2) is 7.08. The van der Waals surface area contributed by atoms with E-state index in [4.69, 9.17) is 8.83 Å². The Morgan fingerprint density at radius 1 is 1.15 bits per heavy atom. The third kappa shape index (κ3) is 3.19. The van der Waals surface area contributed by atoms with Crippen LogP contribution in [0, 0.1) is 13.8 Å². The van der Waals surface area contributed by atoms with Crippen LogP contribution in [0.25, 0.3) is 22.2 Å². The molecule has 4 aromatic rings. The molecule has 0 radical (unpaired) electrons. The first-order valence-electron chi connectivity index (χ1n) is 8.15. The van der Waals surface area contributed by atoms with Gasteiger partial charge in [-0.05, 0) is 38.3 Å². The highest BCUT2D eigenvalue weighted by Gasteiger charge is 2.17. The molecule has 0 aliphatic heterocycles. The SMILES string of the molecule is CCn1c(SCc2nnc(-c3cc(C)oc3C)o2)nnc1-c1cccs1. The molecule has 0 bridgehead atoms. The van der Waals surface area contributed by atoms with Gasteiger partial charge >= 0.3 is 0 Å². The van der Waals surface area contributed by atoms with E-state index >= 15 is 0 Å². The Balaban J connectivity index is 1.51. The van der Waals surface area contributed by atoms with Crippen molar-refractivity contribution < 1.29 is 8.83 Å². The summed E-state index contributed by atoms with van der Waals surface area (Å²) in [5.74, 6) is 4.05. The van der Waals surface area contributed by atoms with E-state index < -0.39 is 0 Å². The Bertz CT molecular complexity index is 1020. The number of furan rings is 1. The van der Waals surface area contributed by atoms with Crippen molar-refractivity contribution in [1.82, 2.24) is 25.0 Å². The summed E-state index contributed by atoms with van der Waals surface area (Å²) in [6, 6.07) is 5.97. The molecule has 9 heteroatoms. The molecule has 4 rings (SSSR count). The summed E-state index contributed by atoms with van der Waals surface area (Å²) < 4.78 is 13.4. The maximum atomic E-state index is 5.78. The molecule has 0 atom stereocenters. The standard InChI is InChI=1S/C17H17N5O2S2/c1-4-22-15(13-6-5-7-25-13)19-21-17(22)26-9-14-18-20-16(24-14)12-8-10(2)23-11(12)3/h5-8H,4,9H2,1-3H3. The lowest BCUT2D eigenvalue weighted by Crippen LogP contribution is -1.99. The number of thioether (sulfide) groups is 1. The fourth-order valence-electron chi connectivity index (χ4n) is 2.66. The van der Waals surface area contributed by atoms with Crippen LogP contribution in [0.3, 0.4) is 0 Å². The lowest BCUT2D eigenvalue weighted by atomic mass is 10.2. The zero-order chi connectivity index (χ0) is 18.1. The summed E-state index contributed by atoms with van der Waals surface area (Å²) in [6.07, 6.45) is 0. The summed E-state index contributed by atoms with van der Waals surface area (Å²) >= 11 is 3.19. The number of thiophene rings is 1. The highest BCUT2D eigenvalue weighted by Crippen LogP contribution is 2.30. The molecule has 0 N–H and O–H groups in total. The predicted octanol–water partition coefficient (Wildman–Crippen LogP) is 4.58. The van der Waals surface area contributed by atoms with Gasteiger partial charge in [-0.2, -0.15) is 0 Å². The smallest absolute Gasteiger partial charge is 0.251 e. The molecule has 0 fully saturated rings. The quantitative estimate of drug-likeness (QED) is 0.448. The molecule has 0 aliphatic carbocycles. The molecule has 0 aromatic carbocycles. The van der Waals surface area contributed by atoms with Crippen molar-refractivity contribution in [3.63, 3.8) is 0 Å². The van der Waals surface area contributed by atoms with Gasteiger partial charge in [0.2, 0.25) is 5.89 Å². The number of aromatic nitrogens is 5. The van der Waals surface area contributed by atoms with Crippen molar-refractivity contribution in [1.29, 1.82) is 0 Å². The van der Waals surface area contributed by atoms with Gasteiger partial charge in [0, 0.05) is 6.54 Å². The lowest BCUT2D eigenvalue weighted by molar-refractivity contribution is 0.499. The summed E-state index contributed by atoms with van der Waals surface area (Å²) in [5.41, 5.74) is 0.836. The molecule has 0 amide bonds. The van der Waals surface area contributed by atoms with E-state index in [0.29, 0.717) is 17.5 Å². The molecule has 4 aromatic heterocycles. The minimum Gasteiger partial charge on any atom is -0.466 e. The minimum absolute atomic E-state index is 0.478.